The van der Waals surface area contributed by atoms with Crippen LogP contribution >= 0.6 is 11.8 Å². The molecular weight excluding hydrogens is 240 g/mol. The van der Waals surface area contributed by atoms with Crippen LogP contribution in [0.2, 0.25) is 0 Å². The second-order valence-electron chi connectivity index (χ2n) is 4.25. The zero-order valence-corrected chi connectivity index (χ0v) is 10.3. The Balaban J connectivity index is 1.90. The van der Waals surface area contributed by atoms with E-state index in [0.29, 0.717) is 11.6 Å². The molecule has 1 aliphatic carbocycles. The van der Waals surface area contributed by atoms with Gasteiger partial charge in [-0.05, 0) is 19.3 Å². The molecule has 1 fully saturated rings. The summed E-state index contributed by atoms with van der Waals surface area (Å²) >= 11 is 1.48. The predicted octanol–water partition coefficient (Wildman–Crippen LogP) is 1.26. The lowest BCUT2D eigenvalue weighted by atomic mass is 10.0. The van der Waals surface area contributed by atoms with Gasteiger partial charge in [-0.1, -0.05) is 12.2 Å². The van der Waals surface area contributed by atoms with E-state index in [4.69, 9.17) is 5.11 Å². The maximum atomic E-state index is 11.9. The van der Waals surface area contributed by atoms with Gasteiger partial charge in [-0.25, -0.2) is 9.59 Å². The third kappa shape index (κ3) is 2.94. The molecule has 1 saturated heterocycles. The van der Waals surface area contributed by atoms with Crippen LogP contribution in [-0.4, -0.2) is 45.7 Å². The minimum Gasteiger partial charge on any atom is -0.480 e. The van der Waals surface area contributed by atoms with Crippen molar-refractivity contribution in [3.8, 4) is 0 Å². The molecule has 2 atom stereocenters. The Hall–Kier alpha value is -1.17. The van der Waals surface area contributed by atoms with Crippen LogP contribution in [0.3, 0.4) is 0 Å². The van der Waals surface area contributed by atoms with Crippen molar-refractivity contribution in [2.75, 3.05) is 11.6 Å². The maximum Gasteiger partial charge on any atom is 0.327 e. The van der Waals surface area contributed by atoms with Gasteiger partial charge in [-0.2, -0.15) is 0 Å². The molecular formula is C11H16N2O3S. The van der Waals surface area contributed by atoms with Gasteiger partial charge in [0.05, 0.1) is 5.88 Å². The Morgan fingerprint density at radius 2 is 2.24 bits per heavy atom. The fourth-order valence-electron chi connectivity index (χ4n) is 2.03. The van der Waals surface area contributed by atoms with E-state index in [-0.39, 0.29) is 12.1 Å². The van der Waals surface area contributed by atoms with Gasteiger partial charge in [-0.15, -0.1) is 11.8 Å². The number of aliphatic carboxylic acids is 1. The van der Waals surface area contributed by atoms with Crippen LogP contribution < -0.4 is 5.32 Å². The molecule has 17 heavy (non-hydrogen) atoms. The van der Waals surface area contributed by atoms with Crippen LogP contribution in [0, 0.1) is 0 Å². The van der Waals surface area contributed by atoms with Crippen molar-refractivity contribution in [1.82, 2.24) is 10.2 Å². The number of urea groups is 1. The molecule has 0 aromatic rings. The first kappa shape index (κ1) is 12.3. The standard InChI is InChI=1S/C11H16N2O3S/c14-10(15)9-6-17-7-13(9)11(16)12-8-4-2-1-3-5-8/h1-2,8-9H,3-7H2,(H,12,16)(H,14,15). The Bertz CT molecular complexity index is 346. The highest BCUT2D eigenvalue weighted by Gasteiger charge is 2.35. The monoisotopic (exact) mass is 256 g/mol. The number of rotatable bonds is 2. The summed E-state index contributed by atoms with van der Waals surface area (Å²) in [5, 5.41) is 11.9. The first-order valence-corrected chi connectivity index (χ1v) is 6.86. The molecule has 0 spiro atoms. The summed E-state index contributed by atoms with van der Waals surface area (Å²) in [6, 6.07) is -0.783. The van der Waals surface area contributed by atoms with Crippen LogP contribution in [0.4, 0.5) is 4.79 Å². The number of carboxylic acid groups (broad SMARTS) is 1. The Labute approximate surface area is 104 Å². The van der Waals surface area contributed by atoms with Crippen LogP contribution in [0.5, 0.6) is 0 Å². The molecule has 2 aliphatic rings. The molecule has 0 aromatic carbocycles. The minimum atomic E-state index is -0.923. The molecule has 6 heteroatoms. The summed E-state index contributed by atoms with van der Waals surface area (Å²) in [5.74, 6) is 0.0206. The van der Waals surface area contributed by atoms with Gasteiger partial charge in [-0.3, -0.25) is 0 Å². The first-order valence-electron chi connectivity index (χ1n) is 5.71. The molecule has 0 bridgehead atoms. The number of nitrogens with one attached hydrogen (secondary N) is 1. The third-order valence-corrected chi connectivity index (χ3v) is 4.04. The van der Waals surface area contributed by atoms with E-state index in [1.165, 1.54) is 16.7 Å². The number of hydrogen-bond donors (Lipinski definition) is 2. The lowest BCUT2D eigenvalue weighted by molar-refractivity contribution is -0.140. The minimum absolute atomic E-state index is 0.146. The van der Waals surface area contributed by atoms with E-state index >= 15 is 0 Å². The van der Waals surface area contributed by atoms with E-state index in [0.717, 1.165) is 19.3 Å². The molecule has 94 valence electrons. The molecule has 0 saturated carbocycles. The SMILES string of the molecule is O=C(O)C1CSCN1C(=O)NC1CC=CCC1. The molecule has 0 radical (unpaired) electrons. The smallest absolute Gasteiger partial charge is 0.327 e. The van der Waals surface area contributed by atoms with Crippen LogP contribution in [0.25, 0.3) is 0 Å². The maximum absolute atomic E-state index is 11.9. The highest BCUT2D eigenvalue weighted by atomic mass is 32.2. The zero-order chi connectivity index (χ0) is 12.3. The van der Waals surface area contributed by atoms with Crippen molar-refractivity contribution >= 4 is 23.8 Å². The fourth-order valence-corrected chi connectivity index (χ4v) is 3.17. The van der Waals surface area contributed by atoms with Gasteiger partial charge >= 0.3 is 12.0 Å². The van der Waals surface area contributed by atoms with Crippen molar-refractivity contribution in [1.29, 1.82) is 0 Å². The van der Waals surface area contributed by atoms with Gasteiger partial charge < -0.3 is 15.3 Å². The first-order chi connectivity index (χ1) is 8.18. The van der Waals surface area contributed by atoms with Crippen molar-refractivity contribution in [3.63, 3.8) is 0 Å². The van der Waals surface area contributed by atoms with Crippen LogP contribution in [-0.2, 0) is 4.79 Å². The number of carbonyl (C=O) groups excluding carboxylic acids is 1. The van der Waals surface area contributed by atoms with Crippen molar-refractivity contribution in [2.45, 2.75) is 31.3 Å². The fraction of sp³-hybridized carbons (Fsp3) is 0.636. The number of amides is 2. The Kier molecular flexibility index (Phi) is 3.93. The molecule has 1 heterocycles. The zero-order valence-electron chi connectivity index (χ0n) is 9.46. The largest absolute Gasteiger partial charge is 0.480 e. The summed E-state index contributed by atoms with van der Waals surface area (Å²) in [5.41, 5.74) is 0. The molecule has 0 aromatic heterocycles. The number of carbonyl (C=O) groups is 2. The van der Waals surface area contributed by atoms with Crippen LogP contribution in [0.1, 0.15) is 19.3 Å². The van der Waals surface area contributed by atoms with Gasteiger partial charge in [0.25, 0.3) is 0 Å². The van der Waals surface area contributed by atoms with Gasteiger partial charge in [0.2, 0.25) is 0 Å². The molecule has 2 rings (SSSR count). The summed E-state index contributed by atoms with van der Waals surface area (Å²) in [6.45, 7) is 0. The number of thioether (sulfide) groups is 1. The summed E-state index contributed by atoms with van der Waals surface area (Å²) in [6.07, 6.45) is 6.91. The summed E-state index contributed by atoms with van der Waals surface area (Å²) in [7, 11) is 0. The quantitative estimate of drug-likeness (QED) is 0.730. The normalized spacial score (nSPS) is 28.1. The van der Waals surface area contributed by atoms with Gasteiger partial charge in [0.1, 0.15) is 6.04 Å². The molecule has 2 N–H and O–H groups in total. The number of allylic oxidation sites excluding steroid dienone is 1. The van der Waals surface area contributed by atoms with Gasteiger partial charge in [0.15, 0.2) is 0 Å². The molecule has 2 unspecified atom stereocenters. The van der Waals surface area contributed by atoms with Crippen molar-refractivity contribution in [2.24, 2.45) is 0 Å². The van der Waals surface area contributed by atoms with E-state index in [9.17, 15) is 9.59 Å². The van der Waals surface area contributed by atoms with E-state index in [2.05, 4.69) is 17.5 Å². The number of carboxylic acids is 1. The van der Waals surface area contributed by atoms with Crippen molar-refractivity contribution < 1.29 is 14.7 Å². The number of nitrogens with zero attached hydrogens (tertiary/aromatic N) is 1. The summed E-state index contributed by atoms with van der Waals surface area (Å²) in [4.78, 5) is 24.3. The predicted molar refractivity (Wildman–Crippen MR) is 65.9 cm³/mol. The Morgan fingerprint density at radius 3 is 2.88 bits per heavy atom. The van der Waals surface area contributed by atoms with Crippen LogP contribution in [0.15, 0.2) is 12.2 Å². The van der Waals surface area contributed by atoms with E-state index in [1.807, 2.05) is 0 Å². The molecule has 1 aliphatic heterocycles. The highest BCUT2D eigenvalue weighted by molar-refractivity contribution is 7.99. The molecule has 2 amide bonds. The van der Waals surface area contributed by atoms with E-state index < -0.39 is 12.0 Å². The second kappa shape index (κ2) is 5.44. The van der Waals surface area contributed by atoms with Gasteiger partial charge in [0, 0.05) is 11.8 Å². The Morgan fingerprint density at radius 1 is 1.41 bits per heavy atom. The topological polar surface area (TPSA) is 69.6 Å². The average Bonchev–Trinajstić information content (AvgIpc) is 2.79. The second-order valence-corrected chi connectivity index (χ2v) is 5.25. The third-order valence-electron chi connectivity index (χ3n) is 3.02. The number of hydrogen-bond acceptors (Lipinski definition) is 3. The van der Waals surface area contributed by atoms with Crippen molar-refractivity contribution in [3.05, 3.63) is 12.2 Å². The average molecular weight is 256 g/mol. The highest BCUT2D eigenvalue weighted by Crippen LogP contribution is 2.21. The lowest BCUT2D eigenvalue weighted by Gasteiger charge is -2.25. The molecule has 5 nitrogen and oxygen atoms in total. The summed E-state index contributed by atoms with van der Waals surface area (Å²) < 4.78 is 0. The van der Waals surface area contributed by atoms with E-state index in [1.54, 1.807) is 0 Å². The lowest BCUT2D eigenvalue weighted by Crippen LogP contribution is -2.49.